The number of aromatic nitrogens is 1. The van der Waals surface area contributed by atoms with Crippen LogP contribution in [0.15, 0.2) is 84.5 Å². The number of allylic oxidation sites excluding steroid dienone is 4. The molecule has 0 radical (unpaired) electrons. The molecule has 3 aromatic carbocycles. The SMILES string of the molecule is CC1C(C)C([Si](C)(C)N(C2CCCCC2)C(C)(C)C)C2C=C3C(=CC12)C(C)(C)c1cc(-n2c4ccccc4c4ccccc42)ccc13. The topological polar surface area (TPSA) is 8.17 Å². The lowest BCUT2D eigenvalue weighted by Gasteiger charge is -2.56. The highest BCUT2D eigenvalue weighted by atomic mass is 28.3. The fraction of sp³-hybridized carbons (Fsp3) is 0.500. The van der Waals surface area contributed by atoms with Crippen LogP contribution in [-0.2, 0) is 5.41 Å². The van der Waals surface area contributed by atoms with E-state index in [2.05, 4.69) is 150 Å². The quantitative estimate of drug-likeness (QED) is 0.202. The van der Waals surface area contributed by atoms with Crippen molar-refractivity contribution in [3.8, 4) is 5.69 Å². The predicted molar refractivity (Wildman–Crippen MR) is 205 cm³/mol. The van der Waals surface area contributed by atoms with Gasteiger partial charge in [-0.3, -0.25) is 0 Å². The summed E-state index contributed by atoms with van der Waals surface area (Å²) in [5, 5.41) is 2.65. The van der Waals surface area contributed by atoms with Crippen molar-refractivity contribution >= 4 is 35.6 Å². The average molecular weight is 641 g/mol. The minimum atomic E-state index is -1.85. The van der Waals surface area contributed by atoms with Crippen LogP contribution in [0.25, 0.3) is 33.1 Å². The Kier molecular flexibility index (Phi) is 7.22. The summed E-state index contributed by atoms with van der Waals surface area (Å²) in [5.74, 6) is 2.67. The summed E-state index contributed by atoms with van der Waals surface area (Å²) in [5.41, 5.74) is 10.8. The summed E-state index contributed by atoms with van der Waals surface area (Å²) in [6.07, 6.45) is 12.6. The van der Waals surface area contributed by atoms with Crippen LogP contribution in [0, 0.1) is 23.7 Å². The van der Waals surface area contributed by atoms with Gasteiger partial charge in [-0.05, 0) is 109 Å². The highest BCUT2D eigenvalue weighted by Crippen LogP contribution is 2.63. The third-order valence-corrected chi connectivity index (χ3v) is 18.3. The summed E-state index contributed by atoms with van der Waals surface area (Å²) in [6, 6.07) is 25.9. The van der Waals surface area contributed by atoms with Gasteiger partial charge < -0.3 is 9.13 Å². The maximum Gasteiger partial charge on any atom is 0.127 e. The number of benzene rings is 3. The number of fused-ring (bicyclic) bond motifs is 7. The maximum atomic E-state index is 3.14. The van der Waals surface area contributed by atoms with Gasteiger partial charge in [0, 0.05) is 33.5 Å². The lowest BCUT2D eigenvalue weighted by Crippen LogP contribution is -2.65. The Bertz CT molecular complexity index is 1870. The number of rotatable bonds is 4. The van der Waals surface area contributed by atoms with Crippen LogP contribution in [0.2, 0.25) is 18.6 Å². The third kappa shape index (κ3) is 4.58. The third-order valence-electron chi connectivity index (χ3n) is 13.4. The molecular formula is C44H56N2Si. The fourth-order valence-corrected chi connectivity index (χ4v) is 17.8. The molecule has 2 fully saturated rings. The van der Waals surface area contributed by atoms with E-state index in [9.17, 15) is 0 Å². The Morgan fingerprint density at radius 2 is 1.38 bits per heavy atom. The van der Waals surface area contributed by atoms with Crippen LogP contribution in [0.1, 0.15) is 91.7 Å². The molecule has 0 saturated heterocycles. The van der Waals surface area contributed by atoms with E-state index in [1.54, 1.807) is 5.57 Å². The van der Waals surface area contributed by atoms with Gasteiger partial charge in [-0.25, -0.2) is 0 Å². The highest BCUT2D eigenvalue weighted by molar-refractivity contribution is 6.76. The average Bonchev–Trinajstić information content (AvgIpc) is 3.58. The normalized spacial score (nSPS) is 27.6. The molecule has 5 unspecified atom stereocenters. The minimum absolute atomic E-state index is 0.0194. The first kappa shape index (κ1) is 31.4. The molecular weight excluding hydrogens is 585 g/mol. The fourth-order valence-electron chi connectivity index (χ4n) is 11.7. The van der Waals surface area contributed by atoms with E-state index in [0.29, 0.717) is 17.8 Å². The molecule has 2 saturated carbocycles. The Morgan fingerprint density at radius 3 is 2.00 bits per heavy atom. The highest BCUT2D eigenvalue weighted by Gasteiger charge is 2.58. The van der Waals surface area contributed by atoms with Gasteiger partial charge in [0.05, 0.1) is 11.0 Å². The second-order valence-corrected chi connectivity index (χ2v) is 22.2. The van der Waals surface area contributed by atoms with Gasteiger partial charge in [-0.15, -0.1) is 0 Å². The zero-order valence-corrected chi connectivity index (χ0v) is 31.4. The van der Waals surface area contributed by atoms with Crippen molar-refractivity contribution in [2.24, 2.45) is 23.7 Å². The molecule has 4 aromatic rings. The van der Waals surface area contributed by atoms with Crippen molar-refractivity contribution in [1.29, 1.82) is 0 Å². The lowest BCUT2D eigenvalue weighted by atomic mass is 9.75. The molecule has 4 aliphatic carbocycles. The van der Waals surface area contributed by atoms with Crippen molar-refractivity contribution in [2.45, 2.75) is 116 Å². The molecule has 0 amide bonds. The molecule has 0 N–H and O–H groups in total. The first-order valence-corrected chi connectivity index (χ1v) is 21.7. The Hall–Kier alpha value is -2.88. The monoisotopic (exact) mass is 640 g/mol. The van der Waals surface area contributed by atoms with Crippen molar-refractivity contribution in [3.05, 3.63) is 95.6 Å². The van der Waals surface area contributed by atoms with E-state index in [1.165, 1.54) is 76.3 Å². The first-order chi connectivity index (χ1) is 22.3. The van der Waals surface area contributed by atoms with Gasteiger partial charge in [0.2, 0.25) is 0 Å². The van der Waals surface area contributed by atoms with Gasteiger partial charge in [0.25, 0.3) is 0 Å². The number of para-hydroxylation sites is 2. The summed E-state index contributed by atoms with van der Waals surface area (Å²) >= 11 is 0. The van der Waals surface area contributed by atoms with Crippen molar-refractivity contribution in [1.82, 2.24) is 9.13 Å². The number of hydrogen-bond donors (Lipinski definition) is 0. The molecule has 4 aliphatic rings. The summed E-state index contributed by atoms with van der Waals surface area (Å²) in [4.78, 5) is 0. The Labute approximate surface area is 285 Å². The van der Waals surface area contributed by atoms with E-state index in [4.69, 9.17) is 0 Å². The van der Waals surface area contributed by atoms with Gasteiger partial charge in [-0.1, -0.05) is 115 Å². The predicted octanol–water partition coefficient (Wildman–Crippen LogP) is 11.9. The largest absolute Gasteiger partial charge is 0.316 e. The van der Waals surface area contributed by atoms with Crippen LogP contribution < -0.4 is 0 Å². The van der Waals surface area contributed by atoms with Crippen molar-refractivity contribution in [2.75, 3.05) is 0 Å². The van der Waals surface area contributed by atoms with E-state index in [0.717, 1.165) is 17.5 Å². The smallest absolute Gasteiger partial charge is 0.127 e. The summed E-state index contributed by atoms with van der Waals surface area (Å²) < 4.78 is 5.62. The minimum Gasteiger partial charge on any atom is -0.316 e. The molecule has 47 heavy (non-hydrogen) atoms. The van der Waals surface area contributed by atoms with Gasteiger partial charge >= 0.3 is 0 Å². The van der Waals surface area contributed by atoms with Crippen molar-refractivity contribution in [3.63, 3.8) is 0 Å². The Balaban J connectivity index is 1.24. The van der Waals surface area contributed by atoms with Gasteiger partial charge in [-0.2, -0.15) is 0 Å². The molecule has 5 atom stereocenters. The number of hydrogen-bond acceptors (Lipinski definition) is 1. The van der Waals surface area contributed by atoms with E-state index in [-0.39, 0.29) is 11.0 Å². The molecule has 8 rings (SSSR count). The summed E-state index contributed by atoms with van der Waals surface area (Å²) in [7, 11) is -1.85. The van der Waals surface area contributed by atoms with Gasteiger partial charge in [0.15, 0.2) is 0 Å². The Morgan fingerprint density at radius 1 is 0.766 bits per heavy atom. The lowest BCUT2D eigenvalue weighted by molar-refractivity contribution is 0.138. The van der Waals surface area contributed by atoms with Gasteiger partial charge in [0.1, 0.15) is 8.24 Å². The second-order valence-electron chi connectivity index (χ2n) is 17.8. The van der Waals surface area contributed by atoms with Crippen LogP contribution in [0.5, 0.6) is 0 Å². The molecule has 2 nitrogen and oxygen atoms in total. The standard InChI is InChI=1S/C44H56N2Si/c1-28-29(2)42(47(8,9)46(43(3,4)5)30-17-11-10-12-18-30)37-26-36-32-24-23-31(25-38(32)44(6,7)39(36)27-35(28)37)45-40-21-15-13-19-33(40)34-20-14-16-22-41(34)45/h13-16,19-30,35,37,42H,10-12,17-18H2,1-9H3. The molecule has 3 heteroatoms. The van der Waals surface area contributed by atoms with Crippen molar-refractivity contribution < 1.29 is 0 Å². The zero-order valence-electron chi connectivity index (χ0n) is 30.4. The van der Waals surface area contributed by atoms with Crippen LogP contribution in [-0.4, -0.2) is 28.9 Å². The molecule has 0 bridgehead atoms. The first-order valence-electron chi connectivity index (χ1n) is 18.7. The van der Waals surface area contributed by atoms with E-state index >= 15 is 0 Å². The molecule has 0 spiro atoms. The molecule has 246 valence electrons. The van der Waals surface area contributed by atoms with Crippen LogP contribution in [0.4, 0.5) is 0 Å². The summed E-state index contributed by atoms with van der Waals surface area (Å²) in [6.45, 7) is 23.2. The zero-order chi connectivity index (χ0) is 33.0. The molecule has 1 heterocycles. The molecule has 1 aromatic heterocycles. The second kappa shape index (κ2) is 10.8. The van der Waals surface area contributed by atoms with Crippen LogP contribution in [0.3, 0.4) is 0 Å². The number of nitrogens with zero attached hydrogens (tertiary/aromatic N) is 2. The molecule has 0 aliphatic heterocycles. The maximum absolute atomic E-state index is 3.14. The van der Waals surface area contributed by atoms with E-state index < -0.39 is 8.24 Å². The van der Waals surface area contributed by atoms with E-state index in [1.807, 2.05) is 0 Å². The van der Waals surface area contributed by atoms with Crippen LogP contribution >= 0.6 is 0 Å².